The van der Waals surface area contributed by atoms with Crippen LogP contribution in [0.1, 0.15) is 20.3 Å². The van der Waals surface area contributed by atoms with Crippen LogP contribution < -0.4 is 15.9 Å². The molecule has 0 fully saturated rings. The smallest absolute Gasteiger partial charge is 0.201 e. The number of aliphatic hydroxyl groups is 1. The summed E-state index contributed by atoms with van der Waals surface area (Å²) in [7, 11) is 0. The van der Waals surface area contributed by atoms with Crippen molar-refractivity contribution in [2.24, 2.45) is 11.7 Å². The Hall–Kier alpha value is -3.41. The predicted molar refractivity (Wildman–Crippen MR) is 127 cm³/mol. The molecule has 0 radical (unpaired) electrons. The van der Waals surface area contributed by atoms with Crippen LogP contribution in [0.5, 0.6) is 5.75 Å². The van der Waals surface area contributed by atoms with E-state index in [0.29, 0.717) is 40.4 Å². The van der Waals surface area contributed by atoms with Crippen LogP contribution in [0.4, 0.5) is 0 Å². The molecular weight excluding hydrogens is 402 g/mol. The van der Waals surface area contributed by atoms with E-state index >= 15 is 0 Å². The molecule has 3 aromatic carbocycles. The third-order valence-electron chi connectivity index (χ3n) is 5.33. The van der Waals surface area contributed by atoms with Crippen molar-refractivity contribution in [2.75, 3.05) is 0 Å². The first-order chi connectivity index (χ1) is 15.4. The van der Waals surface area contributed by atoms with E-state index in [-0.39, 0.29) is 5.43 Å². The number of rotatable bonds is 7. The van der Waals surface area contributed by atoms with Crippen LogP contribution in [-0.4, -0.2) is 17.4 Å². The molecule has 5 nitrogen and oxygen atoms in total. The molecule has 0 aliphatic carbocycles. The molecule has 0 bridgehead atoms. The van der Waals surface area contributed by atoms with Crippen LogP contribution in [-0.2, 0) is 0 Å². The minimum absolute atomic E-state index is 0.119. The topological polar surface area (TPSA) is 85.7 Å². The van der Waals surface area contributed by atoms with Gasteiger partial charge in [0.1, 0.15) is 23.2 Å². The van der Waals surface area contributed by atoms with Gasteiger partial charge < -0.3 is 14.3 Å². The Kier molecular flexibility index (Phi) is 6.40. The molecule has 164 valence electrons. The van der Waals surface area contributed by atoms with Gasteiger partial charge in [0.15, 0.2) is 6.23 Å². The molecule has 2 unspecified atom stereocenters. The second-order valence-electron chi connectivity index (χ2n) is 8.30. The normalized spacial score (nSPS) is 13.3. The summed E-state index contributed by atoms with van der Waals surface area (Å²) in [6.07, 6.45) is -1.14. The lowest BCUT2D eigenvalue weighted by atomic mass is 9.98. The molecule has 0 saturated carbocycles. The van der Waals surface area contributed by atoms with Gasteiger partial charge in [-0.2, -0.15) is 0 Å². The summed E-state index contributed by atoms with van der Waals surface area (Å²) < 4.78 is 12.0. The highest BCUT2D eigenvalue weighted by atomic mass is 16.5. The lowest BCUT2D eigenvalue weighted by molar-refractivity contribution is 0.0269. The van der Waals surface area contributed by atoms with E-state index in [1.54, 1.807) is 18.2 Å². The largest absolute Gasteiger partial charge is 0.473 e. The highest BCUT2D eigenvalue weighted by Crippen LogP contribution is 2.33. The maximum absolute atomic E-state index is 13.5. The number of hydrogen-bond donors (Lipinski definition) is 2. The van der Waals surface area contributed by atoms with Gasteiger partial charge in [0.05, 0.1) is 10.9 Å². The van der Waals surface area contributed by atoms with E-state index in [1.807, 2.05) is 74.5 Å². The van der Waals surface area contributed by atoms with Crippen LogP contribution >= 0.6 is 0 Å². The molecule has 0 spiro atoms. The van der Waals surface area contributed by atoms with E-state index in [0.717, 1.165) is 11.1 Å². The number of nitrogens with two attached hydrogens (primary N) is 1. The number of hydrogen-bond acceptors (Lipinski definition) is 5. The molecule has 5 heteroatoms. The standard InChI is InChI=1S/C27H27NO4/c1-17(2)15-22(29)27(28)31-20-13-14-21-23(16-20)32-26(19-11-7-4-8-12-19)24(25(21)30)18-9-5-3-6-10-18/h3-14,16-17,22,27,29H,15,28H2,1-2H3. The van der Waals surface area contributed by atoms with E-state index < -0.39 is 12.3 Å². The van der Waals surface area contributed by atoms with Crippen LogP contribution in [0, 0.1) is 5.92 Å². The van der Waals surface area contributed by atoms with Crippen LogP contribution in [0.3, 0.4) is 0 Å². The van der Waals surface area contributed by atoms with E-state index in [9.17, 15) is 9.90 Å². The molecule has 1 aromatic heterocycles. The lowest BCUT2D eigenvalue weighted by Gasteiger charge is -2.21. The number of benzene rings is 3. The summed E-state index contributed by atoms with van der Waals surface area (Å²) >= 11 is 0. The van der Waals surface area contributed by atoms with Crippen LogP contribution in [0.25, 0.3) is 33.4 Å². The number of fused-ring (bicyclic) bond motifs is 1. The van der Waals surface area contributed by atoms with Crippen molar-refractivity contribution in [1.82, 2.24) is 0 Å². The first kappa shape index (κ1) is 21.8. The van der Waals surface area contributed by atoms with Crippen molar-refractivity contribution in [2.45, 2.75) is 32.6 Å². The van der Waals surface area contributed by atoms with Crippen molar-refractivity contribution in [3.8, 4) is 28.2 Å². The SMILES string of the molecule is CC(C)CC(O)C(N)Oc1ccc2c(=O)c(-c3ccccc3)c(-c3ccccc3)oc2c1. The van der Waals surface area contributed by atoms with Gasteiger partial charge in [-0.05, 0) is 30.0 Å². The average Bonchev–Trinajstić information content (AvgIpc) is 2.79. The average molecular weight is 430 g/mol. The second kappa shape index (κ2) is 9.39. The lowest BCUT2D eigenvalue weighted by Crippen LogP contribution is -2.40. The van der Waals surface area contributed by atoms with E-state index in [4.69, 9.17) is 14.9 Å². The predicted octanol–water partition coefficient (Wildman–Crippen LogP) is 5.20. The van der Waals surface area contributed by atoms with Gasteiger partial charge in [-0.15, -0.1) is 0 Å². The third kappa shape index (κ3) is 4.59. The van der Waals surface area contributed by atoms with Gasteiger partial charge in [0, 0.05) is 11.6 Å². The highest BCUT2D eigenvalue weighted by Gasteiger charge is 2.20. The van der Waals surface area contributed by atoms with Crippen molar-refractivity contribution in [1.29, 1.82) is 0 Å². The van der Waals surface area contributed by atoms with Crippen molar-refractivity contribution >= 4 is 11.0 Å². The fourth-order valence-corrected chi connectivity index (χ4v) is 3.76. The molecule has 32 heavy (non-hydrogen) atoms. The first-order valence-corrected chi connectivity index (χ1v) is 10.8. The van der Waals surface area contributed by atoms with Gasteiger partial charge in [-0.1, -0.05) is 74.5 Å². The minimum Gasteiger partial charge on any atom is -0.473 e. The molecular formula is C27H27NO4. The summed E-state index contributed by atoms with van der Waals surface area (Å²) in [6.45, 7) is 4.02. The first-order valence-electron chi connectivity index (χ1n) is 10.8. The Morgan fingerprint density at radius 3 is 2.19 bits per heavy atom. The van der Waals surface area contributed by atoms with Crippen LogP contribution in [0.2, 0.25) is 0 Å². The summed E-state index contributed by atoms with van der Waals surface area (Å²) in [4.78, 5) is 13.5. The van der Waals surface area contributed by atoms with Crippen molar-refractivity contribution in [3.05, 3.63) is 89.1 Å². The minimum atomic E-state index is -0.876. The Labute approximate surface area is 187 Å². The van der Waals surface area contributed by atoms with Gasteiger partial charge in [0.2, 0.25) is 5.43 Å². The quantitative estimate of drug-likeness (QED) is 0.395. The Morgan fingerprint density at radius 1 is 0.938 bits per heavy atom. The van der Waals surface area contributed by atoms with Gasteiger partial charge in [-0.25, -0.2) is 0 Å². The molecule has 1 heterocycles. The summed E-state index contributed by atoms with van der Waals surface area (Å²) in [5, 5.41) is 10.7. The molecule has 3 N–H and O–H groups in total. The maximum Gasteiger partial charge on any atom is 0.201 e. The zero-order valence-electron chi connectivity index (χ0n) is 18.2. The number of aliphatic hydroxyl groups excluding tert-OH is 1. The molecule has 0 aliphatic rings. The fraction of sp³-hybridized carbons (Fsp3) is 0.222. The van der Waals surface area contributed by atoms with Gasteiger partial charge in [-0.3, -0.25) is 10.5 Å². The molecule has 4 rings (SSSR count). The zero-order valence-corrected chi connectivity index (χ0v) is 18.2. The highest BCUT2D eigenvalue weighted by molar-refractivity contribution is 5.89. The maximum atomic E-state index is 13.5. The van der Waals surface area contributed by atoms with E-state index in [2.05, 4.69) is 0 Å². The summed E-state index contributed by atoms with van der Waals surface area (Å²) in [5.41, 5.74) is 8.42. The van der Waals surface area contributed by atoms with Gasteiger partial charge in [0.25, 0.3) is 0 Å². The molecule has 0 amide bonds. The fourth-order valence-electron chi connectivity index (χ4n) is 3.76. The van der Waals surface area contributed by atoms with Gasteiger partial charge >= 0.3 is 0 Å². The third-order valence-corrected chi connectivity index (χ3v) is 5.33. The Morgan fingerprint density at radius 2 is 1.56 bits per heavy atom. The zero-order chi connectivity index (χ0) is 22.7. The second-order valence-corrected chi connectivity index (χ2v) is 8.30. The number of ether oxygens (including phenoxy) is 1. The molecule has 4 aromatic rings. The molecule has 2 atom stereocenters. The van der Waals surface area contributed by atoms with E-state index in [1.165, 1.54) is 0 Å². The molecule has 0 saturated heterocycles. The summed E-state index contributed by atoms with van der Waals surface area (Å²) in [5.74, 6) is 1.22. The Bertz CT molecular complexity index is 1250. The Balaban J connectivity index is 1.82. The van der Waals surface area contributed by atoms with Crippen LogP contribution in [0.15, 0.2) is 88.1 Å². The van der Waals surface area contributed by atoms with Crippen molar-refractivity contribution in [3.63, 3.8) is 0 Å². The molecule has 0 aliphatic heterocycles. The van der Waals surface area contributed by atoms with Crippen molar-refractivity contribution < 1.29 is 14.3 Å². The monoisotopic (exact) mass is 429 g/mol. The summed E-state index contributed by atoms with van der Waals surface area (Å²) in [6, 6.07) is 24.1.